The van der Waals surface area contributed by atoms with Gasteiger partial charge in [0.25, 0.3) is 0 Å². The number of hydrogen-bond donors (Lipinski definition) is 0. The Bertz CT molecular complexity index is 446. The van der Waals surface area contributed by atoms with Gasteiger partial charge in [0.05, 0.1) is 13.2 Å². The van der Waals surface area contributed by atoms with E-state index in [9.17, 15) is 0 Å². The molecule has 0 N–H and O–H groups in total. The first kappa shape index (κ1) is 19.2. The van der Waals surface area contributed by atoms with E-state index in [1.54, 1.807) is 6.33 Å². The van der Waals surface area contributed by atoms with Crippen molar-refractivity contribution in [1.82, 2.24) is 9.97 Å². The van der Waals surface area contributed by atoms with Crippen LogP contribution in [0.3, 0.4) is 0 Å². The van der Waals surface area contributed by atoms with Gasteiger partial charge in [-0.15, -0.1) is 0 Å². The molecule has 2 rings (SSSR count). The van der Waals surface area contributed by atoms with Crippen molar-refractivity contribution >= 4 is 5.82 Å². The second-order valence-electron chi connectivity index (χ2n) is 6.94. The van der Waals surface area contributed by atoms with Crippen LogP contribution < -0.4 is 4.90 Å². The molecule has 1 unspecified atom stereocenters. The molecule has 1 aromatic rings. The van der Waals surface area contributed by atoms with Crippen LogP contribution in [-0.4, -0.2) is 36.3 Å². The zero-order valence-corrected chi connectivity index (χ0v) is 15.7. The summed E-state index contributed by atoms with van der Waals surface area (Å²) < 4.78 is 5.46. The first-order valence-corrected chi connectivity index (χ1v) is 9.99. The van der Waals surface area contributed by atoms with E-state index in [1.807, 2.05) is 0 Å². The molecule has 136 valence electrons. The largest absolute Gasteiger partial charge is 0.378 e. The Morgan fingerprint density at radius 3 is 2.33 bits per heavy atom. The summed E-state index contributed by atoms with van der Waals surface area (Å²) in [5.41, 5.74) is 1.25. The van der Waals surface area contributed by atoms with E-state index in [0.29, 0.717) is 5.92 Å². The van der Waals surface area contributed by atoms with Crippen LogP contribution in [0.25, 0.3) is 0 Å². The molecule has 1 aromatic heterocycles. The molecule has 0 spiro atoms. The highest BCUT2D eigenvalue weighted by molar-refractivity contribution is 5.40. The summed E-state index contributed by atoms with van der Waals surface area (Å²) in [4.78, 5) is 11.5. The Balaban J connectivity index is 1.99. The third-order valence-electron chi connectivity index (χ3n) is 4.99. The summed E-state index contributed by atoms with van der Waals surface area (Å²) in [6.45, 7) is 8.03. The number of anilines is 1. The molecular formula is C20H35N3O. The highest BCUT2D eigenvalue weighted by atomic mass is 16.5. The zero-order chi connectivity index (χ0) is 17.0. The summed E-state index contributed by atoms with van der Waals surface area (Å²) in [7, 11) is 0. The van der Waals surface area contributed by atoms with Crippen LogP contribution in [0.15, 0.2) is 12.4 Å². The van der Waals surface area contributed by atoms with Crippen molar-refractivity contribution in [3.8, 4) is 0 Å². The third kappa shape index (κ3) is 6.39. The lowest BCUT2D eigenvalue weighted by Crippen LogP contribution is -2.36. The van der Waals surface area contributed by atoms with E-state index in [-0.39, 0.29) is 0 Å². The lowest BCUT2D eigenvalue weighted by atomic mass is 9.91. The number of unbranched alkanes of at least 4 members (excludes halogenated alkanes) is 5. The molecule has 0 radical (unpaired) electrons. The van der Waals surface area contributed by atoms with Crippen molar-refractivity contribution in [2.75, 3.05) is 31.2 Å². The minimum atomic E-state index is 0.594. The van der Waals surface area contributed by atoms with Gasteiger partial charge in [-0.1, -0.05) is 58.8 Å². The lowest BCUT2D eigenvalue weighted by Gasteiger charge is -2.28. The maximum atomic E-state index is 5.46. The maximum absolute atomic E-state index is 5.46. The van der Waals surface area contributed by atoms with Gasteiger partial charge in [-0.2, -0.15) is 0 Å². The van der Waals surface area contributed by atoms with Gasteiger partial charge in [-0.3, -0.25) is 0 Å². The van der Waals surface area contributed by atoms with Crippen molar-refractivity contribution in [3.63, 3.8) is 0 Å². The fraction of sp³-hybridized carbons (Fsp3) is 0.800. The molecule has 24 heavy (non-hydrogen) atoms. The number of ether oxygens (including phenoxy) is 1. The molecule has 1 aliphatic rings. The van der Waals surface area contributed by atoms with Crippen molar-refractivity contribution in [2.24, 2.45) is 0 Å². The van der Waals surface area contributed by atoms with Gasteiger partial charge in [0.15, 0.2) is 0 Å². The van der Waals surface area contributed by atoms with Crippen LogP contribution in [0.4, 0.5) is 5.82 Å². The highest BCUT2D eigenvalue weighted by Gasteiger charge is 2.17. The van der Waals surface area contributed by atoms with E-state index in [4.69, 9.17) is 4.74 Å². The first-order valence-electron chi connectivity index (χ1n) is 9.99. The van der Waals surface area contributed by atoms with Crippen LogP contribution in [-0.2, 0) is 4.74 Å². The molecule has 1 aliphatic heterocycles. The molecule has 1 fully saturated rings. The highest BCUT2D eigenvalue weighted by Crippen LogP contribution is 2.28. The second-order valence-corrected chi connectivity index (χ2v) is 6.94. The zero-order valence-electron chi connectivity index (χ0n) is 15.7. The summed E-state index contributed by atoms with van der Waals surface area (Å²) in [6, 6.07) is 2.24. The summed E-state index contributed by atoms with van der Waals surface area (Å²) >= 11 is 0. The van der Waals surface area contributed by atoms with Gasteiger partial charge in [-0.25, -0.2) is 9.97 Å². The molecule has 4 heteroatoms. The van der Waals surface area contributed by atoms with Crippen molar-refractivity contribution in [1.29, 1.82) is 0 Å². The average Bonchev–Trinajstić information content (AvgIpc) is 2.64. The van der Waals surface area contributed by atoms with Gasteiger partial charge >= 0.3 is 0 Å². The molecule has 0 aromatic carbocycles. The van der Waals surface area contributed by atoms with Crippen LogP contribution in [0.1, 0.15) is 83.2 Å². The number of rotatable bonds is 11. The van der Waals surface area contributed by atoms with Gasteiger partial charge in [0.2, 0.25) is 0 Å². The monoisotopic (exact) mass is 333 g/mol. The second kappa shape index (κ2) is 11.4. The number of morpholine rings is 1. The van der Waals surface area contributed by atoms with Gasteiger partial charge in [0.1, 0.15) is 12.1 Å². The molecule has 0 amide bonds. The molecule has 2 heterocycles. The molecule has 1 atom stereocenters. The van der Waals surface area contributed by atoms with Crippen LogP contribution in [0.2, 0.25) is 0 Å². The Labute approximate surface area is 148 Å². The molecule has 0 aliphatic carbocycles. The number of nitrogens with zero attached hydrogens (tertiary/aromatic N) is 3. The Morgan fingerprint density at radius 1 is 0.958 bits per heavy atom. The van der Waals surface area contributed by atoms with Crippen molar-refractivity contribution < 1.29 is 4.74 Å². The summed E-state index contributed by atoms with van der Waals surface area (Å²) in [6.07, 6.45) is 13.5. The molecule has 0 bridgehead atoms. The molecular weight excluding hydrogens is 298 g/mol. The average molecular weight is 334 g/mol. The maximum Gasteiger partial charge on any atom is 0.132 e. The van der Waals surface area contributed by atoms with Crippen LogP contribution >= 0.6 is 0 Å². The molecule has 4 nitrogen and oxygen atoms in total. The van der Waals surface area contributed by atoms with Crippen molar-refractivity contribution in [2.45, 2.75) is 77.6 Å². The minimum Gasteiger partial charge on any atom is -0.378 e. The summed E-state index contributed by atoms with van der Waals surface area (Å²) in [5.74, 6) is 1.67. The predicted octanol–water partition coefficient (Wildman–Crippen LogP) is 4.95. The van der Waals surface area contributed by atoms with Gasteiger partial charge in [-0.05, 0) is 12.8 Å². The van der Waals surface area contributed by atoms with Crippen LogP contribution in [0, 0.1) is 0 Å². The fourth-order valence-electron chi connectivity index (χ4n) is 3.45. The van der Waals surface area contributed by atoms with E-state index in [2.05, 4.69) is 34.8 Å². The smallest absolute Gasteiger partial charge is 0.132 e. The topological polar surface area (TPSA) is 38.2 Å². The number of hydrogen-bond acceptors (Lipinski definition) is 4. The summed E-state index contributed by atoms with van der Waals surface area (Å²) in [5, 5.41) is 0. The van der Waals surface area contributed by atoms with Crippen molar-refractivity contribution in [3.05, 3.63) is 18.1 Å². The standard InChI is InChI=1S/C20H35N3O/c1-3-5-7-9-11-18(10-8-6-4-2)19-16-20(22-17-21-19)23-12-14-24-15-13-23/h16-18H,3-15H2,1-2H3. The van der Waals surface area contributed by atoms with E-state index in [1.165, 1.54) is 63.5 Å². The predicted molar refractivity (Wildman–Crippen MR) is 101 cm³/mol. The third-order valence-corrected chi connectivity index (χ3v) is 4.99. The Kier molecular flexibility index (Phi) is 9.11. The van der Waals surface area contributed by atoms with Gasteiger partial charge in [0, 0.05) is 30.8 Å². The molecule has 1 saturated heterocycles. The fourth-order valence-corrected chi connectivity index (χ4v) is 3.45. The van der Waals surface area contributed by atoms with E-state index in [0.717, 1.165) is 32.1 Å². The normalized spacial score (nSPS) is 16.3. The van der Waals surface area contributed by atoms with E-state index < -0.39 is 0 Å². The Morgan fingerprint density at radius 2 is 1.62 bits per heavy atom. The lowest BCUT2D eigenvalue weighted by molar-refractivity contribution is 0.122. The minimum absolute atomic E-state index is 0.594. The SMILES string of the molecule is CCCCCCC(CCCCC)c1cc(N2CCOCC2)ncn1. The van der Waals surface area contributed by atoms with E-state index >= 15 is 0 Å². The van der Waals surface area contributed by atoms with Crippen LogP contribution in [0.5, 0.6) is 0 Å². The molecule has 0 saturated carbocycles. The Hall–Kier alpha value is -1.16. The van der Waals surface area contributed by atoms with Gasteiger partial charge < -0.3 is 9.64 Å². The number of aromatic nitrogens is 2. The first-order chi connectivity index (χ1) is 11.8. The quantitative estimate of drug-likeness (QED) is 0.537.